The summed E-state index contributed by atoms with van der Waals surface area (Å²) in [7, 11) is 0. The van der Waals surface area contributed by atoms with E-state index in [-0.39, 0.29) is 17.8 Å². The number of carbonyl (C=O) groups is 1. The van der Waals surface area contributed by atoms with Crippen LogP contribution in [0.5, 0.6) is 0 Å². The molecule has 1 aromatic rings. The van der Waals surface area contributed by atoms with Gasteiger partial charge in [-0.05, 0) is 61.8 Å². The molecule has 1 aromatic carbocycles. The molecule has 3 nitrogen and oxygen atoms in total. The second kappa shape index (κ2) is 6.97. The zero-order chi connectivity index (χ0) is 15.9. The van der Waals surface area contributed by atoms with Gasteiger partial charge in [-0.3, -0.25) is 4.79 Å². The number of carbonyl (C=O) groups excluding carboxylic acids is 1. The zero-order valence-electron chi connectivity index (χ0n) is 14.0. The van der Waals surface area contributed by atoms with Crippen molar-refractivity contribution in [1.29, 1.82) is 0 Å². The quantitative estimate of drug-likeness (QED) is 0.797. The van der Waals surface area contributed by atoms with Crippen LogP contribution in [0.15, 0.2) is 28.7 Å². The molecule has 1 N–H and O–H groups in total. The molecule has 0 aromatic heterocycles. The van der Waals surface area contributed by atoms with Gasteiger partial charge in [-0.1, -0.05) is 34.5 Å². The molecule has 4 rings (SSSR count). The van der Waals surface area contributed by atoms with Gasteiger partial charge in [0.2, 0.25) is 5.91 Å². The predicted molar refractivity (Wildman–Crippen MR) is 103 cm³/mol. The molecular weight excluding hydrogens is 388 g/mol. The fourth-order valence-electron chi connectivity index (χ4n) is 4.63. The molecule has 1 spiro atoms. The first-order valence-corrected chi connectivity index (χ1v) is 9.69. The fourth-order valence-corrected chi connectivity index (χ4v) is 4.90. The molecule has 0 radical (unpaired) electrons. The molecule has 5 heteroatoms. The van der Waals surface area contributed by atoms with Crippen molar-refractivity contribution in [2.24, 2.45) is 5.41 Å². The number of nitrogens with zero attached hydrogens (tertiary/aromatic N) is 1. The molecule has 24 heavy (non-hydrogen) atoms. The maximum atomic E-state index is 13.3. The number of benzene rings is 1. The first-order chi connectivity index (χ1) is 11.1. The summed E-state index contributed by atoms with van der Waals surface area (Å²) in [6.45, 7) is 4.18. The van der Waals surface area contributed by atoms with E-state index in [4.69, 9.17) is 0 Å². The Labute approximate surface area is 159 Å². The van der Waals surface area contributed by atoms with Gasteiger partial charge in [0, 0.05) is 24.1 Å². The van der Waals surface area contributed by atoms with Gasteiger partial charge < -0.3 is 10.2 Å². The van der Waals surface area contributed by atoms with Gasteiger partial charge in [0.05, 0.1) is 5.41 Å². The molecule has 3 fully saturated rings. The summed E-state index contributed by atoms with van der Waals surface area (Å²) in [5, 5.41) is 3.50. The Morgan fingerprint density at radius 2 is 1.71 bits per heavy atom. The largest absolute Gasteiger partial charge is 0.342 e. The van der Waals surface area contributed by atoms with Gasteiger partial charge in [-0.2, -0.15) is 0 Å². The van der Waals surface area contributed by atoms with Crippen molar-refractivity contribution >= 4 is 34.2 Å². The van der Waals surface area contributed by atoms with Gasteiger partial charge in [-0.15, -0.1) is 12.4 Å². The average molecular weight is 414 g/mol. The minimum absolute atomic E-state index is 0. The number of nitrogens with one attached hydrogen (secondary N) is 1. The molecule has 0 unspecified atom stereocenters. The monoisotopic (exact) mass is 412 g/mol. The second-order valence-corrected chi connectivity index (χ2v) is 8.58. The van der Waals surface area contributed by atoms with Gasteiger partial charge >= 0.3 is 0 Å². The second-order valence-electron chi connectivity index (χ2n) is 7.66. The van der Waals surface area contributed by atoms with E-state index in [1.165, 1.54) is 31.2 Å². The summed E-state index contributed by atoms with van der Waals surface area (Å²) in [6, 6.07) is 8.40. The lowest BCUT2D eigenvalue weighted by molar-refractivity contribution is -0.143. The van der Waals surface area contributed by atoms with Gasteiger partial charge in [0.1, 0.15) is 0 Å². The lowest BCUT2D eigenvalue weighted by Crippen LogP contribution is -2.54. The van der Waals surface area contributed by atoms with Crippen molar-refractivity contribution in [2.75, 3.05) is 26.2 Å². The summed E-state index contributed by atoms with van der Waals surface area (Å²) in [5.41, 5.74) is 1.44. The van der Waals surface area contributed by atoms with Gasteiger partial charge in [0.15, 0.2) is 0 Å². The van der Waals surface area contributed by atoms with E-state index in [0.717, 1.165) is 43.5 Å². The molecule has 2 saturated heterocycles. The van der Waals surface area contributed by atoms with Crippen LogP contribution in [-0.4, -0.2) is 37.0 Å². The van der Waals surface area contributed by atoms with Crippen LogP contribution in [0.25, 0.3) is 0 Å². The molecule has 2 aliphatic heterocycles. The van der Waals surface area contributed by atoms with E-state index in [2.05, 4.69) is 50.4 Å². The minimum Gasteiger partial charge on any atom is -0.342 e. The Morgan fingerprint density at radius 1 is 1.04 bits per heavy atom. The molecule has 0 atom stereocenters. The lowest BCUT2D eigenvalue weighted by atomic mass is 9.63. The highest BCUT2D eigenvalue weighted by molar-refractivity contribution is 9.10. The molecule has 132 valence electrons. The number of hydrogen-bond acceptors (Lipinski definition) is 2. The third kappa shape index (κ3) is 3.02. The summed E-state index contributed by atoms with van der Waals surface area (Å²) < 4.78 is 1.08. The Hall–Kier alpha value is -0.580. The van der Waals surface area contributed by atoms with Gasteiger partial charge in [-0.25, -0.2) is 0 Å². The first-order valence-electron chi connectivity index (χ1n) is 8.90. The smallest absolute Gasteiger partial charge is 0.233 e. The normalized spacial score (nSPS) is 24.3. The maximum absolute atomic E-state index is 13.3. The number of amides is 1. The van der Waals surface area contributed by atoms with Crippen molar-refractivity contribution < 1.29 is 4.79 Å². The number of hydrogen-bond donors (Lipinski definition) is 1. The molecule has 2 heterocycles. The number of likely N-dealkylation sites (tertiary alicyclic amines) is 1. The van der Waals surface area contributed by atoms with Gasteiger partial charge in [0.25, 0.3) is 0 Å². The minimum atomic E-state index is -0.237. The van der Waals surface area contributed by atoms with E-state index >= 15 is 0 Å². The SMILES string of the molecule is Cl.O=C(N1CCC2(CCNC2)CC1)C1(c2ccc(Br)cc2)CCC1. The lowest BCUT2D eigenvalue weighted by Gasteiger charge is -2.47. The average Bonchev–Trinajstić information content (AvgIpc) is 2.97. The van der Waals surface area contributed by atoms with Crippen LogP contribution in [0, 0.1) is 5.41 Å². The summed E-state index contributed by atoms with van der Waals surface area (Å²) in [5.74, 6) is 0.381. The molecule has 0 bridgehead atoms. The van der Waals surface area contributed by atoms with Crippen LogP contribution < -0.4 is 5.32 Å². The van der Waals surface area contributed by atoms with Crippen LogP contribution in [0.1, 0.15) is 44.1 Å². The Bertz CT molecular complexity index is 584. The van der Waals surface area contributed by atoms with Crippen molar-refractivity contribution in [3.8, 4) is 0 Å². The summed E-state index contributed by atoms with van der Waals surface area (Å²) >= 11 is 3.50. The van der Waals surface area contributed by atoms with E-state index in [0.29, 0.717) is 11.3 Å². The number of halogens is 2. The highest BCUT2D eigenvalue weighted by Crippen LogP contribution is 2.47. The van der Waals surface area contributed by atoms with Crippen molar-refractivity contribution in [1.82, 2.24) is 10.2 Å². The molecule has 1 amide bonds. The Kier molecular flexibility index (Phi) is 5.29. The van der Waals surface area contributed by atoms with Crippen LogP contribution >= 0.6 is 28.3 Å². The van der Waals surface area contributed by atoms with Crippen LogP contribution in [0.3, 0.4) is 0 Å². The Balaban J connectivity index is 0.00000169. The van der Waals surface area contributed by atoms with E-state index < -0.39 is 0 Å². The van der Waals surface area contributed by atoms with Crippen LogP contribution in [0.4, 0.5) is 0 Å². The highest BCUT2D eigenvalue weighted by Gasteiger charge is 2.49. The predicted octanol–water partition coefficient (Wildman–Crippen LogP) is 3.89. The Morgan fingerprint density at radius 3 is 2.21 bits per heavy atom. The van der Waals surface area contributed by atoms with Crippen molar-refractivity contribution in [3.05, 3.63) is 34.3 Å². The maximum Gasteiger partial charge on any atom is 0.233 e. The zero-order valence-corrected chi connectivity index (χ0v) is 16.4. The first kappa shape index (κ1) is 18.2. The highest BCUT2D eigenvalue weighted by atomic mass is 79.9. The third-order valence-corrected chi connectivity index (χ3v) is 6.99. The van der Waals surface area contributed by atoms with Crippen molar-refractivity contribution in [2.45, 2.75) is 43.9 Å². The van der Waals surface area contributed by atoms with Crippen molar-refractivity contribution in [3.63, 3.8) is 0 Å². The summed E-state index contributed by atoms with van der Waals surface area (Å²) in [4.78, 5) is 15.4. The number of piperidine rings is 1. The molecule has 3 aliphatic rings. The number of rotatable bonds is 2. The molecule has 1 saturated carbocycles. The molecular formula is C19H26BrClN2O. The standard InChI is InChI=1S/C19H25BrN2O.ClH/c20-16-4-2-15(3-5-16)19(6-1-7-19)17(23)22-12-9-18(10-13-22)8-11-21-14-18;/h2-5,21H,1,6-14H2;1H. The van der Waals surface area contributed by atoms with Crippen LogP contribution in [-0.2, 0) is 10.2 Å². The van der Waals surface area contributed by atoms with E-state index in [1.54, 1.807) is 0 Å². The topological polar surface area (TPSA) is 32.3 Å². The fraction of sp³-hybridized carbons (Fsp3) is 0.632. The summed E-state index contributed by atoms with van der Waals surface area (Å²) in [6.07, 6.45) is 6.81. The van der Waals surface area contributed by atoms with E-state index in [1.807, 2.05) is 0 Å². The van der Waals surface area contributed by atoms with E-state index in [9.17, 15) is 4.79 Å². The molecule has 1 aliphatic carbocycles. The van der Waals surface area contributed by atoms with Crippen LogP contribution in [0.2, 0.25) is 0 Å². The third-order valence-electron chi connectivity index (χ3n) is 6.46.